The molecule has 1 aromatic heterocycles. The summed E-state index contributed by atoms with van der Waals surface area (Å²) in [5, 5.41) is 8.51. The molecule has 7 nitrogen and oxygen atoms in total. The van der Waals surface area contributed by atoms with Crippen LogP contribution in [0, 0.1) is 19.8 Å². The van der Waals surface area contributed by atoms with E-state index in [1.54, 1.807) is 4.90 Å². The van der Waals surface area contributed by atoms with E-state index in [1.165, 1.54) is 5.56 Å². The van der Waals surface area contributed by atoms with Gasteiger partial charge >= 0.3 is 0 Å². The topological polar surface area (TPSA) is 71.3 Å². The third-order valence-electron chi connectivity index (χ3n) is 6.40. The van der Waals surface area contributed by atoms with Gasteiger partial charge in [-0.1, -0.05) is 41.6 Å². The SMILES string of the molecule is Cc1ccc(N2C[C@H](C(=O)N3CC(n4cc(-c5ccccc5)nn4)C3)CC2=O)cc1C. The zero-order valence-corrected chi connectivity index (χ0v) is 17.7. The van der Waals surface area contributed by atoms with E-state index in [4.69, 9.17) is 0 Å². The van der Waals surface area contributed by atoms with Crippen LogP contribution in [-0.2, 0) is 9.59 Å². The van der Waals surface area contributed by atoms with Crippen LogP contribution in [0.5, 0.6) is 0 Å². The molecule has 2 saturated heterocycles. The summed E-state index contributed by atoms with van der Waals surface area (Å²) in [7, 11) is 0. The monoisotopic (exact) mass is 415 g/mol. The molecular formula is C24H25N5O2. The number of hydrogen-bond acceptors (Lipinski definition) is 4. The van der Waals surface area contributed by atoms with E-state index in [2.05, 4.69) is 17.2 Å². The molecule has 0 N–H and O–H groups in total. The summed E-state index contributed by atoms with van der Waals surface area (Å²) in [6.45, 7) is 5.74. The molecule has 2 aromatic carbocycles. The molecule has 0 radical (unpaired) electrons. The molecule has 0 unspecified atom stereocenters. The highest BCUT2D eigenvalue weighted by Crippen LogP contribution is 2.31. The molecule has 1 atom stereocenters. The molecule has 2 amide bonds. The maximum absolute atomic E-state index is 13.0. The lowest BCUT2D eigenvalue weighted by atomic mass is 10.0. The molecule has 0 aliphatic carbocycles. The Hall–Kier alpha value is -3.48. The maximum Gasteiger partial charge on any atom is 0.228 e. The third kappa shape index (κ3) is 3.60. The zero-order valence-electron chi connectivity index (χ0n) is 17.7. The molecule has 3 heterocycles. The summed E-state index contributed by atoms with van der Waals surface area (Å²) in [5.41, 5.74) is 5.07. The molecule has 5 rings (SSSR count). The van der Waals surface area contributed by atoms with Crippen molar-refractivity contribution in [3.63, 3.8) is 0 Å². The van der Waals surface area contributed by atoms with Crippen LogP contribution in [0.4, 0.5) is 5.69 Å². The number of carbonyl (C=O) groups excluding carboxylic acids is 2. The van der Waals surface area contributed by atoms with Gasteiger partial charge in [0.1, 0.15) is 5.69 Å². The van der Waals surface area contributed by atoms with Crippen LogP contribution >= 0.6 is 0 Å². The number of aryl methyl sites for hydroxylation is 2. The van der Waals surface area contributed by atoms with E-state index in [0.29, 0.717) is 19.6 Å². The first-order chi connectivity index (χ1) is 15.0. The molecule has 2 fully saturated rings. The van der Waals surface area contributed by atoms with Crippen LogP contribution in [0.15, 0.2) is 54.7 Å². The molecule has 0 saturated carbocycles. The molecule has 0 bridgehead atoms. The highest BCUT2D eigenvalue weighted by Gasteiger charge is 2.41. The highest BCUT2D eigenvalue weighted by atomic mass is 16.2. The summed E-state index contributed by atoms with van der Waals surface area (Å²) in [4.78, 5) is 29.1. The predicted molar refractivity (Wildman–Crippen MR) is 117 cm³/mol. The Balaban J connectivity index is 1.20. The van der Waals surface area contributed by atoms with E-state index in [9.17, 15) is 9.59 Å². The quantitative estimate of drug-likeness (QED) is 0.657. The van der Waals surface area contributed by atoms with Crippen LogP contribution in [0.3, 0.4) is 0 Å². The van der Waals surface area contributed by atoms with Gasteiger partial charge < -0.3 is 9.80 Å². The Kier molecular flexibility index (Phi) is 4.81. The fourth-order valence-corrected chi connectivity index (χ4v) is 4.27. The van der Waals surface area contributed by atoms with Gasteiger partial charge in [0, 0.05) is 37.3 Å². The number of likely N-dealkylation sites (tertiary alicyclic amines) is 1. The lowest BCUT2D eigenvalue weighted by Crippen LogP contribution is -2.53. The van der Waals surface area contributed by atoms with Gasteiger partial charge in [-0.15, -0.1) is 5.10 Å². The van der Waals surface area contributed by atoms with Gasteiger partial charge in [0.15, 0.2) is 0 Å². The number of aromatic nitrogens is 3. The lowest BCUT2D eigenvalue weighted by Gasteiger charge is -2.40. The van der Waals surface area contributed by atoms with Gasteiger partial charge in [0.25, 0.3) is 0 Å². The van der Waals surface area contributed by atoms with Crippen LogP contribution < -0.4 is 4.90 Å². The third-order valence-corrected chi connectivity index (χ3v) is 6.40. The highest BCUT2D eigenvalue weighted by molar-refractivity contribution is 6.00. The molecule has 7 heteroatoms. The van der Waals surface area contributed by atoms with Gasteiger partial charge in [-0.3, -0.25) is 9.59 Å². The van der Waals surface area contributed by atoms with Crippen molar-refractivity contribution >= 4 is 17.5 Å². The minimum absolute atomic E-state index is 0.0162. The molecule has 2 aliphatic heterocycles. The van der Waals surface area contributed by atoms with Crippen molar-refractivity contribution in [2.24, 2.45) is 5.92 Å². The van der Waals surface area contributed by atoms with Crippen molar-refractivity contribution in [1.29, 1.82) is 0 Å². The fraction of sp³-hybridized carbons (Fsp3) is 0.333. The second-order valence-corrected chi connectivity index (χ2v) is 8.52. The van der Waals surface area contributed by atoms with Crippen molar-refractivity contribution < 1.29 is 9.59 Å². The van der Waals surface area contributed by atoms with Crippen LogP contribution in [0.2, 0.25) is 0 Å². The summed E-state index contributed by atoms with van der Waals surface area (Å²) in [6, 6.07) is 16.1. The van der Waals surface area contributed by atoms with E-state index >= 15 is 0 Å². The van der Waals surface area contributed by atoms with Gasteiger partial charge in [0.05, 0.1) is 18.2 Å². The van der Waals surface area contributed by atoms with Crippen LogP contribution in [-0.4, -0.2) is 51.3 Å². The van der Waals surface area contributed by atoms with Crippen LogP contribution in [0.1, 0.15) is 23.6 Å². The Bertz CT molecular complexity index is 1130. The molecule has 3 aromatic rings. The summed E-state index contributed by atoms with van der Waals surface area (Å²) >= 11 is 0. The fourth-order valence-electron chi connectivity index (χ4n) is 4.27. The largest absolute Gasteiger partial charge is 0.338 e. The number of anilines is 1. The normalized spacial score (nSPS) is 19.0. The smallest absolute Gasteiger partial charge is 0.228 e. The van der Waals surface area contributed by atoms with E-state index in [-0.39, 0.29) is 30.2 Å². The molecular weight excluding hydrogens is 390 g/mol. The van der Waals surface area contributed by atoms with Crippen molar-refractivity contribution in [3.05, 3.63) is 65.9 Å². The van der Waals surface area contributed by atoms with E-state index < -0.39 is 0 Å². The van der Waals surface area contributed by atoms with Gasteiger partial charge in [-0.05, 0) is 37.1 Å². The number of nitrogens with zero attached hydrogens (tertiary/aromatic N) is 5. The van der Waals surface area contributed by atoms with E-state index in [1.807, 2.05) is 71.2 Å². The van der Waals surface area contributed by atoms with Gasteiger partial charge in [-0.25, -0.2) is 4.68 Å². The standard InChI is InChI=1S/C24H25N5O2/c1-16-8-9-20(10-17(16)2)28-12-19(11-23(28)30)24(31)27-13-21(14-27)29-15-22(25-26-29)18-6-4-3-5-7-18/h3-10,15,19,21H,11-14H2,1-2H3/t19-/m1/s1. The zero-order chi connectivity index (χ0) is 21.5. The maximum atomic E-state index is 13.0. The average Bonchev–Trinajstić information content (AvgIpc) is 3.37. The number of benzene rings is 2. The summed E-state index contributed by atoms with van der Waals surface area (Å²) in [5.74, 6) is -0.215. The first kappa shape index (κ1) is 19.5. The van der Waals surface area contributed by atoms with Gasteiger partial charge in [0.2, 0.25) is 11.8 Å². The minimum Gasteiger partial charge on any atom is -0.338 e. The first-order valence-corrected chi connectivity index (χ1v) is 10.6. The molecule has 0 spiro atoms. The first-order valence-electron chi connectivity index (χ1n) is 10.6. The Labute approximate surface area is 181 Å². The number of carbonyl (C=O) groups is 2. The number of rotatable bonds is 4. The number of hydrogen-bond donors (Lipinski definition) is 0. The Morgan fingerprint density at radius 2 is 1.77 bits per heavy atom. The second-order valence-electron chi connectivity index (χ2n) is 8.52. The van der Waals surface area contributed by atoms with Crippen molar-refractivity contribution in [2.75, 3.05) is 24.5 Å². The van der Waals surface area contributed by atoms with E-state index in [0.717, 1.165) is 22.5 Å². The average molecular weight is 415 g/mol. The predicted octanol–water partition coefficient (Wildman–Crippen LogP) is 3.00. The van der Waals surface area contributed by atoms with Crippen molar-refractivity contribution in [3.8, 4) is 11.3 Å². The summed E-state index contributed by atoms with van der Waals surface area (Å²) < 4.78 is 1.84. The molecule has 31 heavy (non-hydrogen) atoms. The second kappa shape index (κ2) is 7.65. The number of amides is 2. The lowest BCUT2D eigenvalue weighted by molar-refractivity contribution is -0.141. The molecule has 158 valence electrons. The van der Waals surface area contributed by atoms with Crippen LogP contribution in [0.25, 0.3) is 11.3 Å². The van der Waals surface area contributed by atoms with Crippen molar-refractivity contribution in [2.45, 2.75) is 26.3 Å². The Morgan fingerprint density at radius 1 is 1.00 bits per heavy atom. The van der Waals surface area contributed by atoms with Crippen molar-refractivity contribution in [1.82, 2.24) is 19.9 Å². The Morgan fingerprint density at radius 3 is 2.52 bits per heavy atom. The van der Waals surface area contributed by atoms with Gasteiger partial charge in [-0.2, -0.15) is 0 Å². The summed E-state index contributed by atoms with van der Waals surface area (Å²) in [6.07, 6.45) is 2.21. The minimum atomic E-state index is -0.286. The molecule has 2 aliphatic rings.